The summed E-state index contributed by atoms with van der Waals surface area (Å²) in [6.45, 7) is 4.33. The van der Waals surface area contributed by atoms with E-state index in [0.717, 1.165) is 29.6 Å². The molecule has 3 aromatic rings. The van der Waals surface area contributed by atoms with Crippen LogP contribution in [-0.2, 0) is 15.7 Å². The molecule has 0 spiro atoms. The highest BCUT2D eigenvalue weighted by atomic mass is 35.5. The molecule has 5 rings (SSSR count). The standard InChI is InChI=1S/C25H26ClF3N4O2/c1-15-12-21-22(13-20(15)26)33(19-4-2-17(3-5-19)25(27,28)29)24(31-21)32-9-6-16(7-10-32)23(34)30-18-8-11-35-14-18/h2-5,12-13,16,18H,6-11,14H2,1H3,(H,30,34)/t18-/m1/s1. The maximum Gasteiger partial charge on any atom is 0.416 e. The second kappa shape index (κ2) is 9.35. The molecule has 1 aromatic heterocycles. The van der Waals surface area contributed by atoms with Crippen LogP contribution < -0.4 is 10.2 Å². The number of aromatic nitrogens is 2. The first kappa shape index (κ1) is 23.9. The number of anilines is 1. The number of imidazole rings is 1. The Balaban J connectivity index is 1.43. The molecule has 2 aliphatic heterocycles. The van der Waals surface area contributed by atoms with E-state index in [9.17, 15) is 18.0 Å². The number of carbonyl (C=O) groups excluding carboxylic acids is 1. The van der Waals surface area contributed by atoms with Crippen LogP contribution in [0.1, 0.15) is 30.4 Å². The summed E-state index contributed by atoms with van der Waals surface area (Å²) in [5.41, 5.74) is 2.16. The molecule has 35 heavy (non-hydrogen) atoms. The minimum absolute atomic E-state index is 0.0544. The second-order valence-electron chi connectivity index (χ2n) is 9.21. The first-order valence-corrected chi connectivity index (χ1v) is 12.1. The number of nitrogens with zero attached hydrogens (tertiary/aromatic N) is 3. The van der Waals surface area contributed by atoms with E-state index in [1.807, 2.05) is 17.6 Å². The van der Waals surface area contributed by atoms with Crippen LogP contribution in [-0.4, -0.2) is 47.8 Å². The molecule has 0 saturated carbocycles. The smallest absolute Gasteiger partial charge is 0.379 e. The van der Waals surface area contributed by atoms with Gasteiger partial charge in [0.25, 0.3) is 0 Å². The minimum atomic E-state index is -4.41. The van der Waals surface area contributed by atoms with Gasteiger partial charge in [-0.25, -0.2) is 4.98 Å². The Morgan fingerprint density at radius 1 is 1.14 bits per heavy atom. The highest BCUT2D eigenvalue weighted by molar-refractivity contribution is 6.32. The number of alkyl halides is 3. The maximum atomic E-state index is 13.1. The molecule has 2 aromatic carbocycles. The van der Waals surface area contributed by atoms with Crippen LogP contribution >= 0.6 is 11.6 Å². The quantitative estimate of drug-likeness (QED) is 0.533. The third-order valence-electron chi connectivity index (χ3n) is 6.79. The van der Waals surface area contributed by atoms with E-state index in [2.05, 4.69) is 10.2 Å². The molecule has 0 unspecified atom stereocenters. The van der Waals surface area contributed by atoms with Gasteiger partial charge in [-0.2, -0.15) is 13.2 Å². The summed E-state index contributed by atoms with van der Waals surface area (Å²) in [5.74, 6) is 0.593. The summed E-state index contributed by atoms with van der Waals surface area (Å²) in [5, 5.41) is 3.64. The van der Waals surface area contributed by atoms with Crippen LogP contribution in [0.2, 0.25) is 5.02 Å². The molecule has 1 N–H and O–H groups in total. The van der Waals surface area contributed by atoms with Crippen molar-refractivity contribution >= 4 is 34.5 Å². The number of amides is 1. The molecule has 2 saturated heterocycles. The van der Waals surface area contributed by atoms with Gasteiger partial charge in [0.2, 0.25) is 11.9 Å². The Kier molecular flexibility index (Phi) is 6.40. The van der Waals surface area contributed by atoms with Gasteiger partial charge in [0.15, 0.2) is 0 Å². The predicted molar refractivity (Wildman–Crippen MR) is 128 cm³/mol. The predicted octanol–water partition coefficient (Wildman–Crippen LogP) is 5.13. The second-order valence-corrected chi connectivity index (χ2v) is 9.62. The van der Waals surface area contributed by atoms with Gasteiger partial charge < -0.3 is 15.0 Å². The van der Waals surface area contributed by atoms with Gasteiger partial charge in [0.1, 0.15) is 0 Å². The lowest BCUT2D eigenvalue weighted by Crippen LogP contribution is -2.44. The number of aryl methyl sites for hydroxylation is 1. The monoisotopic (exact) mass is 506 g/mol. The lowest BCUT2D eigenvalue weighted by atomic mass is 9.95. The minimum Gasteiger partial charge on any atom is -0.379 e. The molecule has 2 fully saturated rings. The molecule has 186 valence electrons. The highest BCUT2D eigenvalue weighted by Gasteiger charge is 2.32. The van der Waals surface area contributed by atoms with E-state index in [4.69, 9.17) is 21.3 Å². The normalized spacial score (nSPS) is 19.5. The average molecular weight is 507 g/mol. The lowest BCUT2D eigenvalue weighted by Gasteiger charge is -2.32. The van der Waals surface area contributed by atoms with Crippen LogP contribution in [0.5, 0.6) is 0 Å². The first-order valence-electron chi connectivity index (χ1n) is 11.7. The molecule has 6 nitrogen and oxygen atoms in total. The van der Waals surface area contributed by atoms with Crippen molar-refractivity contribution in [3.05, 3.63) is 52.5 Å². The zero-order chi connectivity index (χ0) is 24.7. The summed E-state index contributed by atoms with van der Waals surface area (Å²) < 4.78 is 46.6. The fraction of sp³-hybridized carbons (Fsp3) is 0.440. The summed E-state index contributed by atoms with van der Waals surface area (Å²) in [7, 11) is 0. The van der Waals surface area contributed by atoms with Crippen LogP contribution in [0.15, 0.2) is 36.4 Å². The molecular weight excluding hydrogens is 481 g/mol. The van der Waals surface area contributed by atoms with Crippen molar-refractivity contribution in [1.82, 2.24) is 14.9 Å². The van der Waals surface area contributed by atoms with Crippen LogP contribution in [0, 0.1) is 12.8 Å². The van der Waals surface area contributed by atoms with Gasteiger partial charge in [0.05, 0.1) is 29.2 Å². The third kappa shape index (κ3) is 4.84. The van der Waals surface area contributed by atoms with Gasteiger partial charge in [0, 0.05) is 36.3 Å². The Bertz CT molecular complexity index is 1230. The number of piperidine rings is 1. The van der Waals surface area contributed by atoms with Gasteiger partial charge >= 0.3 is 6.18 Å². The van der Waals surface area contributed by atoms with Crippen LogP contribution in [0.25, 0.3) is 16.7 Å². The van der Waals surface area contributed by atoms with Gasteiger partial charge in [-0.05, 0) is 68.1 Å². The van der Waals surface area contributed by atoms with E-state index in [1.165, 1.54) is 12.1 Å². The fourth-order valence-corrected chi connectivity index (χ4v) is 4.92. The zero-order valence-electron chi connectivity index (χ0n) is 19.2. The Morgan fingerprint density at radius 3 is 2.49 bits per heavy atom. The number of carbonyl (C=O) groups is 1. The van der Waals surface area contributed by atoms with Gasteiger partial charge in [-0.3, -0.25) is 9.36 Å². The van der Waals surface area contributed by atoms with Crippen molar-refractivity contribution in [2.24, 2.45) is 5.92 Å². The number of fused-ring (bicyclic) bond motifs is 1. The highest BCUT2D eigenvalue weighted by Crippen LogP contribution is 2.35. The van der Waals surface area contributed by atoms with Crippen LogP contribution in [0.4, 0.5) is 19.1 Å². The molecule has 3 heterocycles. The van der Waals surface area contributed by atoms with Crippen molar-refractivity contribution in [3.63, 3.8) is 0 Å². The van der Waals surface area contributed by atoms with Crippen LogP contribution in [0.3, 0.4) is 0 Å². The molecule has 0 aliphatic carbocycles. The Hall–Kier alpha value is -2.78. The van der Waals surface area contributed by atoms with E-state index in [1.54, 1.807) is 6.07 Å². The summed E-state index contributed by atoms with van der Waals surface area (Å²) >= 11 is 6.39. The zero-order valence-corrected chi connectivity index (χ0v) is 20.0. The van der Waals surface area contributed by atoms with Gasteiger partial charge in [-0.1, -0.05) is 11.6 Å². The van der Waals surface area contributed by atoms with E-state index in [0.29, 0.717) is 61.3 Å². The number of hydrogen-bond donors (Lipinski definition) is 1. The molecule has 1 amide bonds. The average Bonchev–Trinajstić information content (AvgIpc) is 3.47. The van der Waals surface area contributed by atoms with Crippen molar-refractivity contribution in [2.75, 3.05) is 31.2 Å². The van der Waals surface area contributed by atoms with Crippen molar-refractivity contribution in [2.45, 2.75) is 38.4 Å². The van der Waals surface area contributed by atoms with Crippen molar-refractivity contribution in [1.29, 1.82) is 0 Å². The number of halogens is 4. The van der Waals surface area contributed by atoms with Gasteiger partial charge in [-0.15, -0.1) is 0 Å². The molecule has 2 aliphatic rings. The third-order valence-corrected chi connectivity index (χ3v) is 7.20. The van der Waals surface area contributed by atoms with Crippen molar-refractivity contribution < 1.29 is 22.7 Å². The molecule has 10 heteroatoms. The topological polar surface area (TPSA) is 59.4 Å². The largest absolute Gasteiger partial charge is 0.416 e. The fourth-order valence-electron chi connectivity index (χ4n) is 4.77. The number of hydrogen-bond acceptors (Lipinski definition) is 4. The summed E-state index contributed by atoms with van der Waals surface area (Å²) in [6, 6.07) is 8.80. The SMILES string of the molecule is Cc1cc2nc(N3CCC(C(=O)N[C@@H]4CCOC4)CC3)n(-c3ccc(C(F)(F)F)cc3)c2cc1Cl. The summed E-state index contributed by atoms with van der Waals surface area (Å²) in [4.78, 5) is 19.6. The lowest BCUT2D eigenvalue weighted by molar-refractivity contribution is -0.137. The number of nitrogens with one attached hydrogen (secondary N) is 1. The first-order chi connectivity index (χ1) is 16.7. The number of rotatable bonds is 4. The Morgan fingerprint density at radius 2 is 1.86 bits per heavy atom. The maximum absolute atomic E-state index is 13.1. The molecule has 0 bridgehead atoms. The number of ether oxygens (including phenoxy) is 1. The molecular formula is C25H26ClF3N4O2. The van der Waals surface area contributed by atoms with Crippen molar-refractivity contribution in [3.8, 4) is 5.69 Å². The van der Waals surface area contributed by atoms with E-state index < -0.39 is 11.7 Å². The molecule has 0 radical (unpaired) electrons. The van der Waals surface area contributed by atoms with E-state index >= 15 is 0 Å². The van der Waals surface area contributed by atoms with E-state index in [-0.39, 0.29) is 17.9 Å². The Labute approximate surface area is 206 Å². The molecule has 1 atom stereocenters. The summed E-state index contributed by atoms with van der Waals surface area (Å²) in [6.07, 6.45) is -2.25. The number of benzene rings is 2.